The average molecular weight is 430 g/mol. The molecule has 11 heteroatoms. The molecular weight excluding hydrogens is 418 g/mol. The van der Waals surface area contributed by atoms with Crippen LogP contribution in [0.15, 0.2) is 42.5 Å². The molecule has 1 aliphatic heterocycles. The van der Waals surface area contributed by atoms with Crippen molar-refractivity contribution >= 4 is 40.8 Å². The van der Waals surface area contributed by atoms with Gasteiger partial charge in [-0.1, -0.05) is 17.7 Å². The standard InChI is InChI=1S/C18H12ClF4N3O3/c19-13-7-11(4-5-14(13)20)26-16(28)12(8-24-17(26)29)15(27)25-10-3-1-2-9(6-10)18(21,22)23/h1-7,12H,8H2,(H,24,29)(H,25,27). The minimum absolute atomic E-state index is 0.0598. The highest BCUT2D eigenvalue weighted by Crippen LogP contribution is 2.31. The third-order valence-electron chi connectivity index (χ3n) is 4.11. The first-order valence-corrected chi connectivity index (χ1v) is 8.50. The van der Waals surface area contributed by atoms with Gasteiger partial charge < -0.3 is 10.6 Å². The average Bonchev–Trinajstić information content (AvgIpc) is 2.64. The van der Waals surface area contributed by atoms with Crippen LogP contribution in [0, 0.1) is 11.7 Å². The van der Waals surface area contributed by atoms with Gasteiger partial charge in [0.15, 0.2) is 0 Å². The highest BCUT2D eigenvalue weighted by Gasteiger charge is 2.40. The number of alkyl halides is 3. The quantitative estimate of drug-likeness (QED) is 0.575. The molecule has 0 spiro atoms. The lowest BCUT2D eigenvalue weighted by Gasteiger charge is -2.30. The maximum Gasteiger partial charge on any atom is 0.416 e. The molecule has 3 rings (SSSR count). The third kappa shape index (κ3) is 4.32. The zero-order chi connectivity index (χ0) is 21.3. The number of hydrogen-bond donors (Lipinski definition) is 2. The number of nitrogens with one attached hydrogen (secondary N) is 2. The summed E-state index contributed by atoms with van der Waals surface area (Å²) in [5, 5.41) is 4.24. The van der Waals surface area contributed by atoms with Gasteiger partial charge in [0.05, 0.1) is 16.3 Å². The summed E-state index contributed by atoms with van der Waals surface area (Å²) in [6.45, 7) is -0.353. The SMILES string of the molecule is O=C(Nc1cccc(C(F)(F)F)c1)C1CNC(=O)N(c2ccc(F)c(Cl)c2)C1=O. The van der Waals surface area contributed by atoms with Crippen molar-refractivity contribution in [2.24, 2.45) is 5.92 Å². The van der Waals surface area contributed by atoms with Gasteiger partial charge >= 0.3 is 12.2 Å². The number of carbonyl (C=O) groups excluding carboxylic acids is 3. The van der Waals surface area contributed by atoms with Gasteiger partial charge in [0.25, 0.3) is 0 Å². The minimum atomic E-state index is -4.60. The summed E-state index contributed by atoms with van der Waals surface area (Å²) in [7, 11) is 0. The Labute approximate surface area is 166 Å². The van der Waals surface area contributed by atoms with Crippen molar-refractivity contribution in [3.63, 3.8) is 0 Å². The molecule has 2 N–H and O–H groups in total. The number of hydrogen-bond acceptors (Lipinski definition) is 3. The zero-order valence-corrected chi connectivity index (χ0v) is 15.1. The number of imide groups is 1. The summed E-state index contributed by atoms with van der Waals surface area (Å²) in [5.41, 5.74) is -1.19. The predicted octanol–water partition coefficient (Wildman–Crippen LogP) is 3.81. The fourth-order valence-electron chi connectivity index (χ4n) is 2.69. The van der Waals surface area contributed by atoms with E-state index in [1.54, 1.807) is 0 Å². The largest absolute Gasteiger partial charge is 0.416 e. The number of carbonyl (C=O) groups is 3. The van der Waals surface area contributed by atoms with Crippen molar-refractivity contribution in [3.05, 3.63) is 58.9 Å². The van der Waals surface area contributed by atoms with E-state index in [0.717, 1.165) is 36.4 Å². The number of benzene rings is 2. The van der Waals surface area contributed by atoms with Crippen LogP contribution < -0.4 is 15.5 Å². The topological polar surface area (TPSA) is 78.5 Å². The lowest BCUT2D eigenvalue weighted by Crippen LogP contribution is -2.58. The van der Waals surface area contributed by atoms with E-state index in [-0.39, 0.29) is 22.9 Å². The van der Waals surface area contributed by atoms with Crippen LogP contribution in [0.5, 0.6) is 0 Å². The molecule has 0 bridgehead atoms. The van der Waals surface area contributed by atoms with Crippen LogP contribution in [0.4, 0.5) is 33.7 Å². The van der Waals surface area contributed by atoms with Crippen LogP contribution in [0.25, 0.3) is 0 Å². The third-order valence-corrected chi connectivity index (χ3v) is 4.40. The summed E-state index contributed by atoms with van der Waals surface area (Å²) in [6, 6.07) is 6.17. The number of halogens is 5. The Balaban J connectivity index is 1.82. The van der Waals surface area contributed by atoms with Crippen molar-refractivity contribution in [2.75, 3.05) is 16.8 Å². The molecule has 0 aliphatic carbocycles. The second-order valence-corrected chi connectivity index (χ2v) is 6.49. The van der Waals surface area contributed by atoms with Crippen molar-refractivity contribution < 1.29 is 31.9 Å². The highest BCUT2D eigenvalue weighted by molar-refractivity contribution is 6.31. The molecule has 2 aromatic rings. The first-order valence-electron chi connectivity index (χ1n) is 8.13. The predicted molar refractivity (Wildman–Crippen MR) is 95.9 cm³/mol. The monoisotopic (exact) mass is 429 g/mol. The fourth-order valence-corrected chi connectivity index (χ4v) is 2.86. The summed E-state index contributed by atoms with van der Waals surface area (Å²) < 4.78 is 51.8. The molecule has 0 aromatic heterocycles. The Bertz CT molecular complexity index is 997. The number of rotatable bonds is 3. The normalized spacial score (nSPS) is 17.1. The smallest absolute Gasteiger partial charge is 0.336 e. The molecule has 6 nitrogen and oxygen atoms in total. The second kappa shape index (κ2) is 7.70. The fraction of sp³-hybridized carbons (Fsp3) is 0.167. The van der Waals surface area contributed by atoms with E-state index >= 15 is 0 Å². The van der Waals surface area contributed by atoms with E-state index < -0.39 is 41.3 Å². The molecule has 1 atom stereocenters. The summed E-state index contributed by atoms with van der Waals surface area (Å²) in [5.74, 6) is -4.02. The molecule has 1 unspecified atom stereocenters. The maximum absolute atomic E-state index is 13.3. The van der Waals surface area contributed by atoms with E-state index in [1.165, 1.54) is 6.07 Å². The lowest BCUT2D eigenvalue weighted by molar-refractivity contribution is -0.137. The lowest BCUT2D eigenvalue weighted by atomic mass is 10.0. The summed E-state index contributed by atoms with van der Waals surface area (Å²) in [4.78, 5) is 37.8. The van der Waals surface area contributed by atoms with Crippen LogP contribution in [-0.2, 0) is 15.8 Å². The van der Waals surface area contributed by atoms with E-state index in [1.807, 2.05) is 0 Å². The van der Waals surface area contributed by atoms with Gasteiger partial charge in [0.2, 0.25) is 11.8 Å². The van der Waals surface area contributed by atoms with E-state index in [9.17, 15) is 31.9 Å². The highest BCUT2D eigenvalue weighted by atomic mass is 35.5. The molecule has 1 fully saturated rings. The Morgan fingerprint density at radius 2 is 1.90 bits per heavy atom. The van der Waals surface area contributed by atoms with Crippen molar-refractivity contribution in [1.82, 2.24) is 5.32 Å². The van der Waals surface area contributed by atoms with Crippen LogP contribution in [0.2, 0.25) is 5.02 Å². The summed E-state index contributed by atoms with van der Waals surface area (Å²) >= 11 is 5.67. The first-order chi connectivity index (χ1) is 13.6. The Kier molecular flexibility index (Phi) is 5.47. The van der Waals surface area contributed by atoms with Gasteiger partial charge in [0.1, 0.15) is 11.7 Å². The van der Waals surface area contributed by atoms with Crippen LogP contribution in [0.1, 0.15) is 5.56 Å². The van der Waals surface area contributed by atoms with Crippen molar-refractivity contribution in [3.8, 4) is 0 Å². The van der Waals surface area contributed by atoms with Gasteiger partial charge in [-0.15, -0.1) is 0 Å². The Morgan fingerprint density at radius 1 is 1.17 bits per heavy atom. The number of urea groups is 1. The van der Waals surface area contributed by atoms with E-state index in [2.05, 4.69) is 10.6 Å². The molecule has 0 saturated carbocycles. The molecule has 2 aromatic carbocycles. The van der Waals surface area contributed by atoms with Crippen molar-refractivity contribution in [2.45, 2.75) is 6.18 Å². The van der Waals surface area contributed by atoms with Gasteiger partial charge in [0, 0.05) is 12.2 Å². The molecule has 1 heterocycles. The first kappa shape index (κ1) is 20.6. The molecule has 1 saturated heterocycles. The van der Waals surface area contributed by atoms with E-state index in [0.29, 0.717) is 4.90 Å². The van der Waals surface area contributed by atoms with Crippen molar-refractivity contribution in [1.29, 1.82) is 0 Å². The molecule has 29 heavy (non-hydrogen) atoms. The number of anilines is 2. The van der Waals surface area contributed by atoms with Gasteiger partial charge in [-0.2, -0.15) is 13.2 Å². The zero-order valence-electron chi connectivity index (χ0n) is 14.4. The molecule has 4 amide bonds. The molecule has 1 aliphatic rings. The number of nitrogens with zero attached hydrogens (tertiary/aromatic N) is 1. The molecule has 152 valence electrons. The van der Waals surface area contributed by atoms with Crippen LogP contribution in [0.3, 0.4) is 0 Å². The maximum atomic E-state index is 13.3. The summed E-state index contributed by atoms with van der Waals surface area (Å²) in [6.07, 6.45) is -4.60. The van der Waals surface area contributed by atoms with Gasteiger partial charge in [-0.05, 0) is 36.4 Å². The van der Waals surface area contributed by atoms with Crippen LogP contribution >= 0.6 is 11.6 Å². The minimum Gasteiger partial charge on any atom is -0.336 e. The van der Waals surface area contributed by atoms with E-state index in [4.69, 9.17) is 11.6 Å². The number of amides is 4. The molecular formula is C18H12ClF4N3O3. The Morgan fingerprint density at radius 3 is 2.55 bits per heavy atom. The van der Waals surface area contributed by atoms with Gasteiger partial charge in [-0.3, -0.25) is 9.59 Å². The Hall–Kier alpha value is -3.14. The second-order valence-electron chi connectivity index (χ2n) is 6.08. The molecule has 0 radical (unpaired) electrons. The van der Waals surface area contributed by atoms with Gasteiger partial charge in [-0.25, -0.2) is 14.1 Å². The van der Waals surface area contributed by atoms with Crippen LogP contribution in [-0.4, -0.2) is 24.4 Å².